The van der Waals surface area contributed by atoms with E-state index in [-0.39, 0.29) is 6.04 Å². The highest BCUT2D eigenvalue weighted by Gasteiger charge is 2.25. The minimum absolute atomic E-state index is 0.211. The first-order valence-corrected chi connectivity index (χ1v) is 8.53. The predicted octanol–water partition coefficient (Wildman–Crippen LogP) is 2.69. The summed E-state index contributed by atoms with van der Waals surface area (Å²) in [6, 6.07) is 11.0. The average molecular weight is 314 g/mol. The summed E-state index contributed by atoms with van der Waals surface area (Å²) in [6.07, 6.45) is 2.39. The largest absolute Gasteiger partial charge is 0.338 e. The molecule has 0 bridgehead atoms. The minimum Gasteiger partial charge on any atom is -0.338 e. The van der Waals surface area contributed by atoms with Gasteiger partial charge in [-0.25, -0.2) is 0 Å². The van der Waals surface area contributed by atoms with Crippen molar-refractivity contribution in [2.45, 2.75) is 32.7 Å². The maximum Gasteiger partial charge on any atom is 0.243 e. The number of hydrogen-bond acceptors (Lipinski definition) is 5. The van der Waals surface area contributed by atoms with Crippen molar-refractivity contribution in [3.8, 4) is 0 Å². The molecule has 0 amide bonds. The van der Waals surface area contributed by atoms with Gasteiger partial charge in [0.2, 0.25) is 5.89 Å². The van der Waals surface area contributed by atoms with E-state index in [9.17, 15) is 0 Å². The van der Waals surface area contributed by atoms with Crippen molar-refractivity contribution in [1.29, 1.82) is 0 Å². The van der Waals surface area contributed by atoms with Crippen LogP contribution < -0.4 is 0 Å². The van der Waals surface area contributed by atoms with Crippen molar-refractivity contribution in [2.24, 2.45) is 0 Å². The summed E-state index contributed by atoms with van der Waals surface area (Å²) in [5.41, 5.74) is 1.44. The third-order valence-electron chi connectivity index (χ3n) is 4.64. The van der Waals surface area contributed by atoms with Crippen molar-refractivity contribution in [3.63, 3.8) is 0 Å². The van der Waals surface area contributed by atoms with Gasteiger partial charge >= 0.3 is 0 Å². The molecule has 2 heterocycles. The second-order valence-electron chi connectivity index (χ2n) is 6.32. The third-order valence-corrected chi connectivity index (χ3v) is 4.64. The minimum atomic E-state index is 0.211. The van der Waals surface area contributed by atoms with Gasteiger partial charge in [0.05, 0.1) is 6.04 Å². The first-order chi connectivity index (χ1) is 11.2. The summed E-state index contributed by atoms with van der Waals surface area (Å²) in [6.45, 7) is 9.56. The van der Waals surface area contributed by atoms with Crippen LogP contribution in [0.15, 0.2) is 34.9 Å². The Kier molecular flexibility index (Phi) is 5.41. The molecule has 5 heteroatoms. The van der Waals surface area contributed by atoms with Gasteiger partial charge in [-0.15, -0.1) is 0 Å². The van der Waals surface area contributed by atoms with Gasteiger partial charge < -0.3 is 9.42 Å². The number of aromatic nitrogens is 2. The summed E-state index contributed by atoms with van der Waals surface area (Å²) in [5, 5.41) is 3.89. The molecule has 23 heavy (non-hydrogen) atoms. The van der Waals surface area contributed by atoms with Crippen LogP contribution in [0.2, 0.25) is 0 Å². The zero-order chi connectivity index (χ0) is 16.1. The predicted molar refractivity (Wildman–Crippen MR) is 90.2 cm³/mol. The summed E-state index contributed by atoms with van der Waals surface area (Å²) in [4.78, 5) is 9.35. The molecular formula is C18H26N4O. The molecule has 0 N–H and O–H groups in total. The Morgan fingerprint density at radius 1 is 1.13 bits per heavy atom. The van der Waals surface area contributed by atoms with E-state index < -0.39 is 0 Å². The monoisotopic (exact) mass is 314 g/mol. The molecule has 124 valence electrons. The Labute approximate surface area is 138 Å². The normalized spacial score (nSPS) is 18.2. The van der Waals surface area contributed by atoms with Crippen LogP contribution in [0.4, 0.5) is 0 Å². The molecule has 1 saturated heterocycles. The van der Waals surface area contributed by atoms with Crippen LogP contribution in [0.25, 0.3) is 0 Å². The smallest absolute Gasteiger partial charge is 0.243 e. The molecule has 1 aromatic heterocycles. The van der Waals surface area contributed by atoms with E-state index in [2.05, 4.69) is 57.2 Å². The number of benzene rings is 1. The molecular weight excluding hydrogens is 288 g/mol. The van der Waals surface area contributed by atoms with E-state index in [0.717, 1.165) is 32.1 Å². The highest BCUT2D eigenvalue weighted by atomic mass is 16.5. The molecule has 1 atom stereocenters. The second kappa shape index (κ2) is 7.70. The number of rotatable bonds is 6. The highest BCUT2D eigenvalue weighted by molar-refractivity contribution is 5.14. The van der Waals surface area contributed by atoms with E-state index in [1.165, 1.54) is 24.9 Å². The molecule has 0 saturated carbocycles. The summed E-state index contributed by atoms with van der Waals surface area (Å²) in [5.74, 6) is 1.45. The van der Waals surface area contributed by atoms with E-state index in [1.807, 2.05) is 6.92 Å². The molecule has 1 fully saturated rings. The Morgan fingerprint density at radius 2 is 1.87 bits per heavy atom. The first-order valence-electron chi connectivity index (χ1n) is 8.53. The van der Waals surface area contributed by atoms with Crippen molar-refractivity contribution < 1.29 is 4.52 Å². The Morgan fingerprint density at radius 3 is 2.52 bits per heavy atom. The molecule has 0 radical (unpaired) electrons. The molecule has 1 aliphatic rings. The van der Waals surface area contributed by atoms with Crippen molar-refractivity contribution >= 4 is 0 Å². The molecule has 1 aromatic carbocycles. The number of aryl methyl sites for hydroxylation is 2. The summed E-state index contributed by atoms with van der Waals surface area (Å²) >= 11 is 0. The quantitative estimate of drug-likeness (QED) is 0.820. The molecule has 5 nitrogen and oxygen atoms in total. The lowest BCUT2D eigenvalue weighted by atomic mass is 10.1. The van der Waals surface area contributed by atoms with E-state index >= 15 is 0 Å². The van der Waals surface area contributed by atoms with Crippen LogP contribution in [-0.4, -0.2) is 52.7 Å². The highest BCUT2D eigenvalue weighted by Crippen LogP contribution is 2.20. The molecule has 2 aromatic rings. The van der Waals surface area contributed by atoms with Gasteiger partial charge in [-0.2, -0.15) is 4.98 Å². The van der Waals surface area contributed by atoms with Gasteiger partial charge in [0.1, 0.15) is 0 Å². The van der Waals surface area contributed by atoms with E-state index in [0.29, 0.717) is 5.82 Å². The maximum absolute atomic E-state index is 5.30. The van der Waals surface area contributed by atoms with Gasteiger partial charge in [-0.05, 0) is 38.8 Å². The lowest BCUT2D eigenvalue weighted by molar-refractivity contribution is 0.0878. The van der Waals surface area contributed by atoms with Crippen LogP contribution in [0.1, 0.15) is 36.7 Å². The fourth-order valence-electron chi connectivity index (χ4n) is 3.16. The zero-order valence-electron chi connectivity index (χ0n) is 14.1. The maximum atomic E-state index is 5.30. The van der Waals surface area contributed by atoms with E-state index in [4.69, 9.17) is 4.52 Å². The van der Waals surface area contributed by atoms with Crippen LogP contribution in [0, 0.1) is 6.92 Å². The van der Waals surface area contributed by atoms with Crippen molar-refractivity contribution in [1.82, 2.24) is 19.9 Å². The van der Waals surface area contributed by atoms with Gasteiger partial charge in [0.15, 0.2) is 5.82 Å². The number of piperazine rings is 1. The van der Waals surface area contributed by atoms with Crippen molar-refractivity contribution in [2.75, 3.05) is 32.7 Å². The molecule has 0 spiro atoms. The van der Waals surface area contributed by atoms with Gasteiger partial charge in [-0.1, -0.05) is 35.5 Å². The second-order valence-corrected chi connectivity index (χ2v) is 6.32. The number of hydrogen-bond donors (Lipinski definition) is 0. The topological polar surface area (TPSA) is 45.4 Å². The molecule has 0 aliphatic carbocycles. The Balaban J connectivity index is 1.40. The first kappa shape index (κ1) is 16.1. The third kappa shape index (κ3) is 4.39. The fourth-order valence-corrected chi connectivity index (χ4v) is 3.16. The average Bonchev–Trinajstić information content (AvgIpc) is 3.02. The number of nitrogens with zero attached hydrogens (tertiary/aromatic N) is 4. The van der Waals surface area contributed by atoms with E-state index in [1.54, 1.807) is 0 Å². The fraction of sp³-hybridized carbons (Fsp3) is 0.556. The van der Waals surface area contributed by atoms with Crippen molar-refractivity contribution in [3.05, 3.63) is 47.6 Å². The summed E-state index contributed by atoms with van der Waals surface area (Å²) in [7, 11) is 0. The van der Waals surface area contributed by atoms with Crippen LogP contribution >= 0.6 is 0 Å². The molecule has 3 rings (SSSR count). The molecule has 1 aliphatic heterocycles. The summed E-state index contributed by atoms with van der Waals surface area (Å²) < 4.78 is 5.30. The van der Waals surface area contributed by atoms with Gasteiger partial charge in [-0.3, -0.25) is 4.90 Å². The Hall–Kier alpha value is -1.72. The van der Waals surface area contributed by atoms with Crippen LogP contribution in [-0.2, 0) is 6.42 Å². The standard InChI is InChI=1S/C18H26N4O/c1-15(18-19-16(2)20-23-18)22-13-11-21(12-14-22)10-6-9-17-7-4-3-5-8-17/h3-5,7-8,15H,6,9-14H2,1-2H3/t15-/m1/s1. The lowest BCUT2D eigenvalue weighted by Gasteiger charge is -2.36. The van der Waals surface area contributed by atoms with Gasteiger partial charge in [0.25, 0.3) is 0 Å². The lowest BCUT2D eigenvalue weighted by Crippen LogP contribution is -2.47. The van der Waals surface area contributed by atoms with Crippen LogP contribution in [0.3, 0.4) is 0 Å². The zero-order valence-corrected chi connectivity index (χ0v) is 14.1. The Bertz CT molecular complexity index is 590. The van der Waals surface area contributed by atoms with Gasteiger partial charge in [0, 0.05) is 26.2 Å². The molecule has 0 unspecified atom stereocenters. The van der Waals surface area contributed by atoms with Crippen LogP contribution in [0.5, 0.6) is 0 Å². The SMILES string of the molecule is Cc1noc([C@@H](C)N2CCN(CCCc3ccccc3)CC2)n1.